The number of ether oxygens (including phenoxy) is 5. The average Bonchev–Trinajstić information content (AvgIpc) is 2.68. The first kappa shape index (κ1) is 19.8. The van der Waals surface area contributed by atoms with Crippen LogP contribution in [0.3, 0.4) is 0 Å². The van der Waals surface area contributed by atoms with Gasteiger partial charge in [0.15, 0.2) is 12.2 Å². The van der Waals surface area contributed by atoms with Gasteiger partial charge in [-0.25, -0.2) is 0 Å². The fourth-order valence-corrected chi connectivity index (χ4v) is 2.16. The number of carbonyl (C=O) groups excluding carboxylic acids is 4. The van der Waals surface area contributed by atoms with Crippen LogP contribution in [0.4, 0.5) is 0 Å². The molecule has 136 valence electrons. The number of aliphatic hydroxyl groups is 1. The molecule has 1 fully saturated rings. The van der Waals surface area contributed by atoms with Crippen molar-refractivity contribution in [3.63, 3.8) is 0 Å². The van der Waals surface area contributed by atoms with Gasteiger partial charge in [-0.1, -0.05) is 0 Å². The van der Waals surface area contributed by atoms with E-state index in [1.807, 2.05) is 0 Å². The Balaban J connectivity index is 3.07. The third kappa shape index (κ3) is 5.46. The zero-order valence-corrected chi connectivity index (χ0v) is 13.8. The lowest BCUT2D eigenvalue weighted by atomic mass is 10.1. The van der Waals surface area contributed by atoms with Gasteiger partial charge >= 0.3 is 23.9 Å². The molecule has 1 N–H and O–H groups in total. The molecule has 1 rings (SSSR count). The van der Waals surface area contributed by atoms with E-state index in [2.05, 4.69) is 0 Å². The Bertz CT molecular complexity index is 516. The van der Waals surface area contributed by atoms with E-state index in [1.165, 1.54) is 0 Å². The molecule has 1 aliphatic rings. The lowest BCUT2D eigenvalue weighted by Crippen LogP contribution is -2.50. The molecule has 0 saturated carbocycles. The molecule has 24 heavy (non-hydrogen) atoms. The molecule has 10 nitrogen and oxygen atoms in total. The fraction of sp³-hybridized carbons (Fsp3) is 0.714. The normalized spacial score (nSPS) is 28.8. The first-order chi connectivity index (χ1) is 11.0. The van der Waals surface area contributed by atoms with Crippen molar-refractivity contribution in [1.29, 1.82) is 0 Å². The summed E-state index contributed by atoms with van der Waals surface area (Å²) in [5, 5.41) is 10.6. The molecule has 0 bridgehead atoms. The highest BCUT2D eigenvalue weighted by atomic mass is 16.7. The van der Waals surface area contributed by atoms with E-state index in [1.54, 1.807) is 0 Å². The Kier molecular flexibility index (Phi) is 6.67. The number of hydrogen-bond donors (Lipinski definition) is 1. The maximum atomic E-state index is 11.3. The summed E-state index contributed by atoms with van der Waals surface area (Å²) in [7, 11) is 0. The molecule has 0 aromatic carbocycles. The molecule has 0 spiro atoms. The first-order valence-electron chi connectivity index (χ1n) is 7.06. The quantitative estimate of drug-likeness (QED) is 0.473. The van der Waals surface area contributed by atoms with E-state index in [9.17, 15) is 24.3 Å². The van der Waals surface area contributed by atoms with Crippen molar-refractivity contribution in [3.05, 3.63) is 0 Å². The molecule has 0 aromatic rings. The van der Waals surface area contributed by atoms with Crippen LogP contribution in [0.15, 0.2) is 0 Å². The van der Waals surface area contributed by atoms with Gasteiger partial charge in [-0.15, -0.1) is 0 Å². The highest BCUT2D eigenvalue weighted by Gasteiger charge is 2.59. The summed E-state index contributed by atoms with van der Waals surface area (Å²) in [5.74, 6) is -5.11. The smallest absolute Gasteiger partial charge is 0.303 e. The van der Waals surface area contributed by atoms with Crippen molar-refractivity contribution >= 4 is 23.9 Å². The van der Waals surface area contributed by atoms with Crippen LogP contribution in [0.1, 0.15) is 27.7 Å². The molecule has 0 aromatic heterocycles. The Morgan fingerprint density at radius 3 is 1.92 bits per heavy atom. The van der Waals surface area contributed by atoms with Crippen LogP contribution < -0.4 is 0 Å². The molecule has 0 unspecified atom stereocenters. The minimum atomic E-state index is -2.26. The van der Waals surface area contributed by atoms with E-state index in [0.29, 0.717) is 0 Å². The molecule has 0 radical (unpaired) electrons. The molecular weight excluding hydrogens is 328 g/mol. The van der Waals surface area contributed by atoms with Gasteiger partial charge in [0, 0.05) is 27.7 Å². The van der Waals surface area contributed by atoms with Crippen LogP contribution in [-0.4, -0.2) is 66.3 Å². The topological polar surface area (TPSA) is 135 Å². The largest absolute Gasteiger partial charge is 0.463 e. The summed E-state index contributed by atoms with van der Waals surface area (Å²) in [4.78, 5) is 44.5. The highest BCUT2D eigenvalue weighted by molar-refractivity contribution is 5.68. The maximum Gasteiger partial charge on any atom is 0.303 e. The number of rotatable bonds is 6. The Labute approximate surface area is 137 Å². The second-order valence-corrected chi connectivity index (χ2v) is 5.19. The predicted molar refractivity (Wildman–Crippen MR) is 74.2 cm³/mol. The first-order valence-corrected chi connectivity index (χ1v) is 7.06. The molecular formula is C14H20O10. The van der Waals surface area contributed by atoms with Gasteiger partial charge < -0.3 is 28.8 Å². The van der Waals surface area contributed by atoms with E-state index in [-0.39, 0.29) is 6.61 Å². The SMILES string of the molecule is CC(=O)OC[C@@H]1O[C@@](O)(COC(C)=O)[C@@H](OC(C)=O)[C@H]1OC(C)=O. The van der Waals surface area contributed by atoms with Crippen LogP contribution in [-0.2, 0) is 42.9 Å². The van der Waals surface area contributed by atoms with Gasteiger partial charge in [-0.05, 0) is 0 Å². The lowest BCUT2D eigenvalue weighted by Gasteiger charge is -2.28. The Morgan fingerprint density at radius 1 is 0.917 bits per heavy atom. The van der Waals surface area contributed by atoms with Gasteiger partial charge in [-0.2, -0.15) is 0 Å². The van der Waals surface area contributed by atoms with Crippen molar-refractivity contribution in [2.45, 2.75) is 51.8 Å². The number of carbonyl (C=O) groups is 4. The van der Waals surface area contributed by atoms with Crippen molar-refractivity contribution in [1.82, 2.24) is 0 Å². The second-order valence-electron chi connectivity index (χ2n) is 5.19. The average molecular weight is 348 g/mol. The summed E-state index contributed by atoms with van der Waals surface area (Å²) in [5.41, 5.74) is 0. The van der Waals surface area contributed by atoms with E-state index < -0.39 is 54.6 Å². The van der Waals surface area contributed by atoms with Gasteiger partial charge in [-0.3, -0.25) is 19.2 Å². The van der Waals surface area contributed by atoms with Crippen molar-refractivity contribution in [2.24, 2.45) is 0 Å². The monoisotopic (exact) mass is 348 g/mol. The van der Waals surface area contributed by atoms with Crippen LogP contribution in [0.5, 0.6) is 0 Å². The molecule has 4 atom stereocenters. The lowest BCUT2D eigenvalue weighted by molar-refractivity contribution is -0.257. The number of hydrogen-bond acceptors (Lipinski definition) is 10. The van der Waals surface area contributed by atoms with Crippen LogP contribution in [0.25, 0.3) is 0 Å². The summed E-state index contributed by atoms with van der Waals surface area (Å²) >= 11 is 0. The van der Waals surface area contributed by atoms with Crippen molar-refractivity contribution in [3.8, 4) is 0 Å². The molecule has 1 aliphatic heterocycles. The minimum Gasteiger partial charge on any atom is -0.463 e. The molecule has 10 heteroatoms. The fourth-order valence-electron chi connectivity index (χ4n) is 2.16. The second kappa shape index (κ2) is 8.06. The van der Waals surface area contributed by atoms with Crippen molar-refractivity contribution in [2.75, 3.05) is 13.2 Å². The Morgan fingerprint density at radius 2 is 1.46 bits per heavy atom. The van der Waals surface area contributed by atoms with Crippen LogP contribution >= 0.6 is 0 Å². The zero-order chi connectivity index (χ0) is 18.5. The third-order valence-electron chi connectivity index (χ3n) is 2.99. The van der Waals surface area contributed by atoms with E-state index >= 15 is 0 Å². The van der Waals surface area contributed by atoms with Gasteiger partial charge in [0.25, 0.3) is 0 Å². The van der Waals surface area contributed by atoms with Crippen molar-refractivity contribution < 1.29 is 48.0 Å². The predicted octanol–water partition coefficient (Wildman–Crippen LogP) is -0.937. The van der Waals surface area contributed by atoms with Gasteiger partial charge in [0.05, 0.1) is 0 Å². The van der Waals surface area contributed by atoms with Gasteiger partial charge in [0.2, 0.25) is 5.79 Å². The van der Waals surface area contributed by atoms with Gasteiger partial charge in [0.1, 0.15) is 19.3 Å². The summed E-state index contributed by atoms with van der Waals surface area (Å²) < 4.78 is 24.9. The third-order valence-corrected chi connectivity index (χ3v) is 2.99. The van der Waals surface area contributed by atoms with Crippen LogP contribution in [0, 0.1) is 0 Å². The Hall–Kier alpha value is -2.20. The molecule has 1 saturated heterocycles. The standard InChI is InChI=1S/C14H20O10/c1-7(15)20-5-11-12(22-9(3)17)13(23-10(4)18)14(19,24-11)6-21-8(2)16/h11-13,19H,5-6H2,1-4H3/t11-,12-,13-,14-/m0/s1. The summed E-state index contributed by atoms with van der Waals surface area (Å²) in [6, 6.07) is 0. The molecule has 0 aliphatic carbocycles. The van der Waals surface area contributed by atoms with Crippen LogP contribution in [0.2, 0.25) is 0 Å². The van der Waals surface area contributed by atoms with E-state index in [0.717, 1.165) is 27.7 Å². The molecule has 1 heterocycles. The zero-order valence-electron chi connectivity index (χ0n) is 13.8. The summed E-state index contributed by atoms with van der Waals surface area (Å²) in [6.45, 7) is 3.42. The highest BCUT2D eigenvalue weighted by Crippen LogP contribution is 2.34. The molecule has 0 amide bonds. The summed E-state index contributed by atoms with van der Waals surface area (Å²) in [6.07, 6.45) is -3.85. The number of esters is 4. The van der Waals surface area contributed by atoms with E-state index in [4.69, 9.17) is 23.7 Å². The minimum absolute atomic E-state index is 0.368. The maximum absolute atomic E-state index is 11.3.